The molecule has 3 saturated heterocycles. The normalized spacial score (nSPS) is 35.0. The second-order valence-corrected chi connectivity index (χ2v) is 8.93. The lowest BCUT2D eigenvalue weighted by Gasteiger charge is -2.54. The van der Waals surface area contributed by atoms with Crippen LogP contribution < -0.4 is 0 Å². The van der Waals surface area contributed by atoms with Crippen LogP contribution in [-0.4, -0.2) is 35.6 Å². The zero-order valence-corrected chi connectivity index (χ0v) is 17.8. The maximum atomic E-state index is 11.5. The van der Waals surface area contributed by atoms with Gasteiger partial charge in [0.25, 0.3) is 5.69 Å². The average Bonchev–Trinajstić information content (AvgIpc) is 3.33. The highest BCUT2D eigenvalue weighted by molar-refractivity contribution is 6.32. The molecule has 3 aliphatic heterocycles. The predicted octanol–water partition coefficient (Wildman–Crippen LogP) is 3.11. The summed E-state index contributed by atoms with van der Waals surface area (Å²) < 4.78 is 23.8. The summed E-state index contributed by atoms with van der Waals surface area (Å²) in [6.07, 6.45) is -0.816. The summed E-state index contributed by atoms with van der Waals surface area (Å²) in [6.45, 7) is 0.717. The van der Waals surface area contributed by atoms with Crippen LogP contribution in [0.15, 0.2) is 18.2 Å². The summed E-state index contributed by atoms with van der Waals surface area (Å²) in [5, 5.41) is 50.9. The summed E-state index contributed by atoms with van der Waals surface area (Å²) in [7, 11) is 0. The van der Waals surface area contributed by atoms with Crippen molar-refractivity contribution >= 4 is 23.2 Å². The molecule has 11 nitrogen and oxygen atoms in total. The SMILES string of the molecule is N#CC1(C#N)C(c2ccc(Cl)c([N+](=O)[O-])c2)OC23CCC4(CC2C1(C#N)C(=N)O3)OCCO4. The summed E-state index contributed by atoms with van der Waals surface area (Å²) in [6, 6.07) is 9.70. The molecule has 2 bridgehead atoms. The summed E-state index contributed by atoms with van der Waals surface area (Å²) >= 11 is 5.94. The molecule has 0 amide bonds. The fourth-order valence-corrected chi connectivity index (χ4v) is 5.87. The van der Waals surface area contributed by atoms with Crippen molar-refractivity contribution < 1.29 is 23.9 Å². The Morgan fingerprint density at radius 2 is 1.85 bits per heavy atom. The first-order chi connectivity index (χ1) is 15.7. The van der Waals surface area contributed by atoms with E-state index < -0.39 is 50.9 Å². The summed E-state index contributed by atoms with van der Waals surface area (Å²) in [5.41, 5.74) is -4.59. The fourth-order valence-electron chi connectivity index (χ4n) is 5.68. The minimum atomic E-state index is -2.25. The standard InChI is InChI=1S/C21H16ClN5O6/c22-13-2-1-12(7-14(13)27(28)29)16-18(9-23,10-24)20(11-25)15-8-19(30-5-6-31-19)3-4-21(15,32-16)33-17(20)26/h1-2,7,15-16,26H,3-6,8H2. The van der Waals surface area contributed by atoms with E-state index in [1.807, 2.05) is 12.1 Å². The first kappa shape index (κ1) is 21.6. The van der Waals surface area contributed by atoms with Crippen molar-refractivity contribution in [2.75, 3.05) is 13.2 Å². The van der Waals surface area contributed by atoms with Crippen molar-refractivity contribution in [1.82, 2.24) is 0 Å². The van der Waals surface area contributed by atoms with Gasteiger partial charge in [-0.2, -0.15) is 15.8 Å². The minimum Gasteiger partial charge on any atom is -0.447 e. The molecular formula is C21H16ClN5O6. The van der Waals surface area contributed by atoms with Crippen molar-refractivity contribution in [2.45, 2.75) is 36.9 Å². The molecule has 0 aromatic heterocycles. The number of nitriles is 3. The van der Waals surface area contributed by atoms with E-state index in [0.29, 0.717) is 19.6 Å². The second kappa shape index (κ2) is 6.86. The third kappa shape index (κ3) is 2.49. The average molecular weight is 470 g/mol. The quantitative estimate of drug-likeness (QED) is 0.503. The Balaban J connectivity index is 1.72. The Morgan fingerprint density at radius 3 is 2.45 bits per heavy atom. The maximum Gasteiger partial charge on any atom is 0.288 e. The number of nitro groups is 1. The number of ether oxygens (including phenoxy) is 4. The molecule has 4 unspecified atom stereocenters. The molecule has 5 rings (SSSR count). The highest BCUT2D eigenvalue weighted by atomic mass is 35.5. The number of halogens is 1. The Bertz CT molecular complexity index is 1200. The van der Waals surface area contributed by atoms with Crippen molar-refractivity contribution in [3.05, 3.63) is 38.9 Å². The van der Waals surface area contributed by atoms with E-state index in [4.69, 9.17) is 36.0 Å². The first-order valence-electron chi connectivity index (χ1n) is 10.1. The monoisotopic (exact) mass is 469 g/mol. The maximum absolute atomic E-state index is 11.5. The van der Waals surface area contributed by atoms with Crippen LogP contribution in [0.25, 0.3) is 0 Å². The van der Waals surface area contributed by atoms with Crippen LogP contribution in [0, 0.1) is 66.3 Å². The summed E-state index contributed by atoms with van der Waals surface area (Å²) in [4.78, 5) is 10.8. The molecule has 1 aromatic carbocycles. The highest BCUT2D eigenvalue weighted by Crippen LogP contribution is 2.70. The van der Waals surface area contributed by atoms with Gasteiger partial charge in [-0.15, -0.1) is 0 Å². The third-order valence-electron chi connectivity index (χ3n) is 7.20. The summed E-state index contributed by atoms with van der Waals surface area (Å²) in [5.74, 6) is -3.97. The van der Waals surface area contributed by atoms with Crippen LogP contribution >= 0.6 is 11.6 Å². The van der Waals surface area contributed by atoms with Gasteiger partial charge in [-0.3, -0.25) is 15.5 Å². The lowest BCUT2D eigenvalue weighted by Crippen LogP contribution is -2.63. The zero-order chi connectivity index (χ0) is 23.6. The van der Waals surface area contributed by atoms with Gasteiger partial charge < -0.3 is 18.9 Å². The molecule has 4 fully saturated rings. The van der Waals surface area contributed by atoms with Crippen LogP contribution in [0.2, 0.25) is 5.02 Å². The van der Waals surface area contributed by atoms with Gasteiger partial charge in [-0.1, -0.05) is 17.7 Å². The van der Waals surface area contributed by atoms with E-state index >= 15 is 0 Å². The molecule has 0 radical (unpaired) electrons. The van der Waals surface area contributed by atoms with E-state index in [0.717, 1.165) is 6.07 Å². The van der Waals surface area contributed by atoms with Crippen molar-refractivity contribution in [2.24, 2.45) is 16.7 Å². The molecular weight excluding hydrogens is 454 g/mol. The van der Waals surface area contributed by atoms with Crippen molar-refractivity contribution in [3.63, 3.8) is 0 Å². The number of nitrogens with zero attached hydrogens (tertiary/aromatic N) is 4. The molecule has 1 spiro atoms. The Labute approximate surface area is 192 Å². The van der Waals surface area contributed by atoms with Crippen LogP contribution in [0.5, 0.6) is 0 Å². The van der Waals surface area contributed by atoms with Gasteiger partial charge in [0, 0.05) is 25.3 Å². The van der Waals surface area contributed by atoms with Crippen LogP contribution in [0.3, 0.4) is 0 Å². The minimum absolute atomic E-state index is 0.0849. The number of nitrogens with one attached hydrogen (secondary N) is 1. The van der Waals surface area contributed by atoms with E-state index in [-0.39, 0.29) is 23.4 Å². The van der Waals surface area contributed by atoms with Gasteiger partial charge in [-0.25, -0.2) is 0 Å². The second-order valence-electron chi connectivity index (χ2n) is 8.52. The Morgan fingerprint density at radius 1 is 1.15 bits per heavy atom. The molecule has 4 atom stereocenters. The van der Waals surface area contributed by atoms with Gasteiger partial charge in [0.2, 0.25) is 17.1 Å². The predicted molar refractivity (Wildman–Crippen MR) is 107 cm³/mol. The van der Waals surface area contributed by atoms with E-state index in [9.17, 15) is 25.9 Å². The molecule has 4 aliphatic rings. The number of nitro benzene ring substituents is 1. The topological polar surface area (TPSA) is 175 Å². The highest BCUT2D eigenvalue weighted by Gasteiger charge is 2.82. The molecule has 1 aromatic rings. The number of rotatable bonds is 2. The molecule has 1 aliphatic carbocycles. The number of benzene rings is 1. The van der Waals surface area contributed by atoms with Gasteiger partial charge in [0.1, 0.15) is 11.1 Å². The smallest absolute Gasteiger partial charge is 0.288 e. The van der Waals surface area contributed by atoms with Crippen molar-refractivity contribution in [3.8, 4) is 18.2 Å². The third-order valence-corrected chi connectivity index (χ3v) is 7.52. The van der Waals surface area contributed by atoms with Crippen molar-refractivity contribution in [1.29, 1.82) is 21.2 Å². The van der Waals surface area contributed by atoms with Gasteiger partial charge in [0.15, 0.2) is 11.2 Å². The van der Waals surface area contributed by atoms with Crippen LogP contribution in [-0.2, 0) is 18.9 Å². The van der Waals surface area contributed by atoms with E-state index in [1.54, 1.807) is 0 Å². The number of hydrogen-bond acceptors (Lipinski definition) is 10. The van der Waals surface area contributed by atoms with Crippen LogP contribution in [0.4, 0.5) is 5.69 Å². The van der Waals surface area contributed by atoms with E-state index in [1.165, 1.54) is 12.1 Å². The van der Waals surface area contributed by atoms with Crippen LogP contribution in [0.1, 0.15) is 30.9 Å². The van der Waals surface area contributed by atoms with E-state index in [2.05, 4.69) is 6.07 Å². The van der Waals surface area contributed by atoms with Gasteiger partial charge in [-0.05, 0) is 11.6 Å². The molecule has 168 valence electrons. The number of hydrogen-bond donors (Lipinski definition) is 1. The molecule has 1 N–H and O–H groups in total. The fraction of sp³-hybridized carbons (Fsp3) is 0.524. The Kier molecular flexibility index (Phi) is 4.49. The zero-order valence-electron chi connectivity index (χ0n) is 17.0. The molecule has 12 heteroatoms. The largest absolute Gasteiger partial charge is 0.447 e. The molecule has 1 saturated carbocycles. The molecule has 3 heterocycles. The van der Waals surface area contributed by atoms with Gasteiger partial charge in [0.05, 0.1) is 42.3 Å². The lowest BCUT2D eigenvalue weighted by molar-refractivity contribution is -0.385. The Hall–Kier alpha value is -3.27. The van der Waals surface area contributed by atoms with Gasteiger partial charge >= 0.3 is 0 Å². The first-order valence-corrected chi connectivity index (χ1v) is 10.5. The molecule has 33 heavy (non-hydrogen) atoms. The lowest BCUT2D eigenvalue weighted by atomic mass is 9.51.